The number of ether oxygens (including phenoxy) is 1. The summed E-state index contributed by atoms with van der Waals surface area (Å²) in [6, 6.07) is 3.58. The predicted octanol–water partition coefficient (Wildman–Crippen LogP) is 2.01. The van der Waals surface area contributed by atoms with Crippen molar-refractivity contribution in [3.8, 4) is 5.75 Å². The summed E-state index contributed by atoms with van der Waals surface area (Å²) in [6.45, 7) is 6.21. The van der Waals surface area contributed by atoms with Crippen molar-refractivity contribution in [1.82, 2.24) is 10.0 Å². The van der Waals surface area contributed by atoms with E-state index < -0.39 is 10.0 Å². The molecule has 1 unspecified atom stereocenters. The Hall–Kier alpha value is -0.820. The highest BCUT2D eigenvalue weighted by Crippen LogP contribution is 2.29. The molecule has 1 heterocycles. The standard InChI is InChI=1S/C15H24N2O3S.ClH/c1-11-8-12(2)15(20-3)14(9-11)21(18,19)17-7-5-13-4-6-16-10-13;/h8-9,13,16-17H,4-7,10H2,1-3H3;1H. The molecule has 1 atom stereocenters. The third-order valence-corrected chi connectivity index (χ3v) is 5.35. The molecule has 0 aliphatic carbocycles. The average molecular weight is 349 g/mol. The maximum Gasteiger partial charge on any atom is 0.244 e. The van der Waals surface area contributed by atoms with E-state index in [4.69, 9.17) is 4.74 Å². The van der Waals surface area contributed by atoms with Crippen molar-refractivity contribution in [2.24, 2.45) is 5.92 Å². The van der Waals surface area contributed by atoms with Gasteiger partial charge in [0.15, 0.2) is 0 Å². The number of halogens is 1. The number of hydrogen-bond donors (Lipinski definition) is 2. The lowest BCUT2D eigenvalue weighted by atomic mass is 10.1. The maximum absolute atomic E-state index is 12.5. The van der Waals surface area contributed by atoms with Gasteiger partial charge in [0.05, 0.1) is 7.11 Å². The summed E-state index contributed by atoms with van der Waals surface area (Å²) < 4.78 is 32.9. The molecule has 1 aromatic rings. The van der Waals surface area contributed by atoms with Gasteiger partial charge in [-0.2, -0.15) is 0 Å². The Morgan fingerprint density at radius 3 is 2.68 bits per heavy atom. The zero-order chi connectivity index (χ0) is 15.5. The molecule has 2 N–H and O–H groups in total. The van der Waals surface area contributed by atoms with Gasteiger partial charge in [-0.15, -0.1) is 12.4 Å². The minimum Gasteiger partial charge on any atom is -0.495 e. The number of nitrogens with one attached hydrogen (secondary N) is 2. The van der Waals surface area contributed by atoms with Crippen molar-refractivity contribution in [2.75, 3.05) is 26.7 Å². The molecule has 0 amide bonds. The smallest absolute Gasteiger partial charge is 0.244 e. The van der Waals surface area contributed by atoms with E-state index in [-0.39, 0.29) is 17.3 Å². The minimum atomic E-state index is -3.54. The molecular weight excluding hydrogens is 324 g/mol. The Labute approximate surface area is 139 Å². The van der Waals surface area contributed by atoms with Gasteiger partial charge in [0.2, 0.25) is 10.0 Å². The van der Waals surface area contributed by atoms with E-state index in [0.717, 1.165) is 37.1 Å². The van der Waals surface area contributed by atoms with Crippen LogP contribution in [0.4, 0.5) is 0 Å². The van der Waals surface area contributed by atoms with Crippen LogP contribution >= 0.6 is 12.4 Å². The zero-order valence-corrected chi connectivity index (χ0v) is 14.9. The first-order valence-electron chi connectivity index (χ1n) is 7.29. The molecule has 1 aliphatic rings. The number of benzene rings is 1. The number of hydrogen-bond acceptors (Lipinski definition) is 4. The second kappa shape index (κ2) is 8.15. The first-order valence-corrected chi connectivity index (χ1v) is 8.78. The number of methoxy groups -OCH3 is 1. The van der Waals surface area contributed by atoms with Crippen LogP contribution in [-0.4, -0.2) is 35.2 Å². The quantitative estimate of drug-likeness (QED) is 0.825. The number of sulfonamides is 1. The lowest BCUT2D eigenvalue weighted by Gasteiger charge is -2.15. The predicted molar refractivity (Wildman–Crippen MR) is 90.5 cm³/mol. The Morgan fingerprint density at radius 2 is 2.09 bits per heavy atom. The fourth-order valence-electron chi connectivity index (χ4n) is 2.81. The lowest BCUT2D eigenvalue weighted by molar-refractivity contribution is 0.399. The van der Waals surface area contributed by atoms with Gasteiger partial charge in [-0.05, 0) is 62.9 Å². The molecule has 1 saturated heterocycles. The van der Waals surface area contributed by atoms with Gasteiger partial charge in [-0.1, -0.05) is 6.07 Å². The minimum absolute atomic E-state index is 0. The van der Waals surface area contributed by atoms with Crippen molar-refractivity contribution < 1.29 is 13.2 Å². The monoisotopic (exact) mass is 348 g/mol. The first-order chi connectivity index (χ1) is 9.94. The fourth-order valence-corrected chi connectivity index (χ4v) is 4.18. The molecule has 0 aromatic heterocycles. The lowest BCUT2D eigenvalue weighted by Crippen LogP contribution is -2.27. The van der Waals surface area contributed by atoms with Gasteiger partial charge in [0.1, 0.15) is 10.6 Å². The Kier molecular flexibility index (Phi) is 7.12. The van der Waals surface area contributed by atoms with Crippen LogP contribution in [0.1, 0.15) is 24.0 Å². The maximum atomic E-state index is 12.5. The van der Waals surface area contributed by atoms with E-state index in [2.05, 4.69) is 10.0 Å². The molecule has 0 radical (unpaired) electrons. The van der Waals surface area contributed by atoms with Gasteiger partial charge in [-0.3, -0.25) is 0 Å². The first kappa shape index (κ1) is 19.2. The highest BCUT2D eigenvalue weighted by atomic mass is 35.5. The summed E-state index contributed by atoms with van der Waals surface area (Å²) in [5.41, 5.74) is 1.74. The van der Waals surface area contributed by atoms with E-state index in [1.165, 1.54) is 7.11 Å². The van der Waals surface area contributed by atoms with Gasteiger partial charge < -0.3 is 10.1 Å². The molecule has 0 saturated carbocycles. The van der Waals surface area contributed by atoms with Gasteiger partial charge in [-0.25, -0.2) is 13.1 Å². The molecule has 1 aliphatic heterocycles. The Bertz CT molecular complexity index is 599. The van der Waals surface area contributed by atoms with Crippen molar-refractivity contribution in [3.63, 3.8) is 0 Å². The molecule has 1 aromatic carbocycles. The zero-order valence-electron chi connectivity index (χ0n) is 13.3. The van der Waals surface area contributed by atoms with Crippen molar-refractivity contribution >= 4 is 22.4 Å². The van der Waals surface area contributed by atoms with E-state index in [0.29, 0.717) is 18.2 Å². The summed E-state index contributed by atoms with van der Waals surface area (Å²) in [5.74, 6) is 0.990. The van der Waals surface area contributed by atoms with Crippen LogP contribution < -0.4 is 14.8 Å². The van der Waals surface area contributed by atoms with Crippen LogP contribution in [0, 0.1) is 19.8 Å². The Balaban J connectivity index is 0.00000242. The van der Waals surface area contributed by atoms with Gasteiger partial charge in [0, 0.05) is 6.54 Å². The van der Waals surface area contributed by atoms with E-state index >= 15 is 0 Å². The van der Waals surface area contributed by atoms with E-state index in [1.54, 1.807) is 6.07 Å². The molecule has 0 bridgehead atoms. The third kappa shape index (κ3) is 4.59. The summed E-state index contributed by atoms with van der Waals surface area (Å²) in [5, 5.41) is 3.29. The summed E-state index contributed by atoms with van der Waals surface area (Å²) in [7, 11) is -2.03. The molecule has 2 rings (SSSR count). The average Bonchev–Trinajstić information content (AvgIpc) is 2.91. The molecule has 7 heteroatoms. The van der Waals surface area contributed by atoms with Gasteiger partial charge in [0.25, 0.3) is 0 Å². The topological polar surface area (TPSA) is 67.4 Å². The van der Waals surface area contributed by atoms with Crippen LogP contribution in [0.25, 0.3) is 0 Å². The highest BCUT2D eigenvalue weighted by molar-refractivity contribution is 7.89. The summed E-state index contributed by atoms with van der Waals surface area (Å²) in [6.07, 6.45) is 1.98. The molecule has 22 heavy (non-hydrogen) atoms. The summed E-state index contributed by atoms with van der Waals surface area (Å²) in [4.78, 5) is 0.229. The summed E-state index contributed by atoms with van der Waals surface area (Å²) >= 11 is 0. The third-order valence-electron chi connectivity index (χ3n) is 3.89. The molecule has 1 fully saturated rings. The molecule has 5 nitrogen and oxygen atoms in total. The molecular formula is C15H25ClN2O3S. The number of aryl methyl sites for hydroxylation is 2. The van der Waals surface area contributed by atoms with Gasteiger partial charge >= 0.3 is 0 Å². The van der Waals surface area contributed by atoms with Crippen molar-refractivity contribution in [1.29, 1.82) is 0 Å². The van der Waals surface area contributed by atoms with Crippen LogP contribution in [0.3, 0.4) is 0 Å². The van der Waals surface area contributed by atoms with Crippen molar-refractivity contribution in [3.05, 3.63) is 23.3 Å². The van der Waals surface area contributed by atoms with E-state index in [9.17, 15) is 8.42 Å². The van der Waals surface area contributed by atoms with Crippen LogP contribution in [-0.2, 0) is 10.0 Å². The molecule has 0 spiro atoms. The number of rotatable bonds is 6. The second-order valence-corrected chi connectivity index (χ2v) is 7.39. The van der Waals surface area contributed by atoms with E-state index in [1.807, 2.05) is 19.9 Å². The fraction of sp³-hybridized carbons (Fsp3) is 0.600. The largest absolute Gasteiger partial charge is 0.495 e. The second-order valence-electron chi connectivity index (χ2n) is 5.66. The van der Waals surface area contributed by atoms with Crippen LogP contribution in [0.5, 0.6) is 5.75 Å². The SMILES string of the molecule is COc1c(C)cc(C)cc1S(=O)(=O)NCCC1CCNC1.Cl. The van der Waals surface area contributed by atoms with Crippen LogP contribution in [0.2, 0.25) is 0 Å². The van der Waals surface area contributed by atoms with Crippen molar-refractivity contribution in [2.45, 2.75) is 31.6 Å². The normalized spacial score (nSPS) is 18.0. The van der Waals surface area contributed by atoms with Crippen LogP contribution in [0.15, 0.2) is 17.0 Å². The highest BCUT2D eigenvalue weighted by Gasteiger charge is 2.22. The Morgan fingerprint density at radius 1 is 1.36 bits per heavy atom. The molecule has 126 valence electrons.